The summed E-state index contributed by atoms with van der Waals surface area (Å²) in [7, 11) is 1.54. The molecule has 80 valence electrons. The molecule has 0 spiro atoms. The van der Waals surface area contributed by atoms with Gasteiger partial charge in [0.25, 0.3) is 0 Å². The largest absolute Gasteiger partial charge is 0.358 e. The van der Waals surface area contributed by atoms with Gasteiger partial charge in [0.1, 0.15) is 0 Å². The lowest BCUT2D eigenvalue weighted by atomic mass is 10.3. The topological polar surface area (TPSA) is 70.2 Å². The van der Waals surface area contributed by atoms with E-state index in [9.17, 15) is 9.59 Å². The van der Waals surface area contributed by atoms with Crippen LogP contribution in [-0.4, -0.2) is 49.5 Å². The lowest BCUT2D eigenvalue weighted by Crippen LogP contribution is -2.50. The zero-order valence-corrected chi connectivity index (χ0v) is 8.95. The fraction of sp³-hybridized carbons (Fsp3) is 0.750. The van der Waals surface area contributed by atoms with Gasteiger partial charge in [-0.1, -0.05) is 0 Å². The fourth-order valence-electron chi connectivity index (χ4n) is 1.11. The highest BCUT2D eigenvalue weighted by Crippen LogP contribution is 2.07. The fourth-order valence-corrected chi connectivity index (χ4v) is 2.05. The Hall–Kier alpha value is -0.750. The monoisotopic (exact) mass is 217 g/mol. The van der Waals surface area contributed by atoms with Gasteiger partial charge < -0.3 is 16.0 Å². The molecule has 1 heterocycles. The summed E-state index contributed by atoms with van der Waals surface area (Å²) in [6.07, 6.45) is 0. The van der Waals surface area contributed by atoms with E-state index >= 15 is 0 Å². The van der Waals surface area contributed by atoms with E-state index in [2.05, 4.69) is 16.0 Å². The first-order valence-corrected chi connectivity index (χ1v) is 5.69. The number of nitrogens with one attached hydrogen (secondary N) is 3. The second-order valence-electron chi connectivity index (χ2n) is 2.97. The minimum Gasteiger partial charge on any atom is -0.358 e. The molecule has 0 saturated carbocycles. The van der Waals surface area contributed by atoms with Crippen molar-refractivity contribution in [3.8, 4) is 0 Å². The van der Waals surface area contributed by atoms with Crippen LogP contribution in [0.5, 0.6) is 0 Å². The average Bonchev–Trinajstić information content (AvgIpc) is 2.26. The van der Waals surface area contributed by atoms with Gasteiger partial charge in [0.2, 0.25) is 11.8 Å². The summed E-state index contributed by atoms with van der Waals surface area (Å²) in [6.45, 7) is 0.904. The molecule has 0 radical (unpaired) electrons. The standard InChI is InChI=1S/C8H15N3O2S/c1-9-7(12)4-11-8(13)6-5-14-3-2-10-6/h6,10H,2-5H2,1H3,(H,9,12)(H,11,13). The normalized spacial score (nSPS) is 21.4. The van der Waals surface area contributed by atoms with Crippen molar-refractivity contribution in [2.75, 3.05) is 31.6 Å². The SMILES string of the molecule is CNC(=O)CNC(=O)C1CSCCN1. The van der Waals surface area contributed by atoms with Gasteiger partial charge >= 0.3 is 0 Å². The van der Waals surface area contributed by atoms with E-state index in [1.54, 1.807) is 18.8 Å². The summed E-state index contributed by atoms with van der Waals surface area (Å²) in [4.78, 5) is 22.3. The maximum absolute atomic E-state index is 11.5. The number of amides is 2. The van der Waals surface area contributed by atoms with Gasteiger partial charge in [0, 0.05) is 25.1 Å². The number of hydrogen-bond acceptors (Lipinski definition) is 4. The van der Waals surface area contributed by atoms with Crippen LogP contribution < -0.4 is 16.0 Å². The molecule has 1 saturated heterocycles. The number of rotatable bonds is 3. The predicted molar refractivity (Wildman–Crippen MR) is 56.2 cm³/mol. The van der Waals surface area contributed by atoms with E-state index in [1.807, 2.05) is 0 Å². The number of hydrogen-bond donors (Lipinski definition) is 3. The third kappa shape index (κ3) is 3.55. The highest BCUT2D eigenvalue weighted by molar-refractivity contribution is 7.99. The summed E-state index contributed by atoms with van der Waals surface area (Å²) in [5.74, 6) is 1.54. The zero-order chi connectivity index (χ0) is 10.4. The molecular formula is C8H15N3O2S. The Morgan fingerprint density at radius 1 is 1.57 bits per heavy atom. The lowest BCUT2D eigenvalue weighted by molar-refractivity contribution is -0.126. The molecule has 0 aromatic heterocycles. The molecule has 5 nitrogen and oxygen atoms in total. The molecule has 0 aliphatic carbocycles. The van der Waals surface area contributed by atoms with Gasteiger partial charge in [0.05, 0.1) is 12.6 Å². The van der Waals surface area contributed by atoms with Gasteiger partial charge in [-0.15, -0.1) is 0 Å². The molecule has 0 aromatic rings. The quantitative estimate of drug-likeness (QED) is 0.541. The van der Waals surface area contributed by atoms with E-state index in [-0.39, 0.29) is 24.4 Å². The molecule has 1 atom stereocenters. The van der Waals surface area contributed by atoms with Gasteiger partial charge in [-0.05, 0) is 0 Å². The van der Waals surface area contributed by atoms with E-state index in [1.165, 1.54) is 0 Å². The Morgan fingerprint density at radius 3 is 2.93 bits per heavy atom. The second-order valence-corrected chi connectivity index (χ2v) is 4.12. The summed E-state index contributed by atoms with van der Waals surface area (Å²) >= 11 is 1.75. The number of carbonyl (C=O) groups excluding carboxylic acids is 2. The smallest absolute Gasteiger partial charge is 0.239 e. The summed E-state index contributed by atoms with van der Waals surface area (Å²) in [5, 5.41) is 8.12. The molecule has 0 bridgehead atoms. The van der Waals surface area contributed by atoms with Crippen molar-refractivity contribution in [1.29, 1.82) is 0 Å². The molecule has 2 amide bonds. The number of carbonyl (C=O) groups is 2. The first kappa shape index (κ1) is 11.3. The Balaban J connectivity index is 2.23. The van der Waals surface area contributed by atoms with Gasteiger partial charge in [-0.3, -0.25) is 9.59 Å². The van der Waals surface area contributed by atoms with Crippen LogP contribution in [0, 0.1) is 0 Å². The minimum absolute atomic E-state index is 0.0537. The van der Waals surface area contributed by atoms with Crippen molar-refractivity contribution in [2.45, 2.75) is 6.04 Å². The maximum Gasteiger partial charge on any atom is 0.239 e. The average molecular weight is 217 g/mol. The predicted octanol–water partition coefficient (Wildman–Crippen LogP) is -1.45. The Bertz CT molecular complexity index is 217. The van der Waals surface area contributed by atoms with Crippen molar-refractivity contribution >= 4 is 23.6 Å². The van der Waals surface area contributed by atoms with Gasteiger partial charge in [-0.2, -0.15) is 11.8 Å². The molecule has 1 aliphatic rings. The summed E-state index contributed by atoms with van der Waals surface area (Å²) in [6, 6.07) is -0.154. The molecule has 1 aliphatic heterocycles. The molecule has 6 heteroatoms. The van der Waals surface area contributed by atoms with E-state index in [0.29, 0.717) is 0 Å². The van der Waals surface area contributed by atoms with Gasteiger partial charge in [0.15, 0.2) is 0 Å². The van der Waals surface area contributed by atoms with Crippen LogP contribution in [0.15, 0.2) is 0 Å². The highest BCUT2D eigenvalue weighted by Gasteiger charge is 2.20. The van der Waals surface area contributed by atoms with Crippen LogP contribution in [0.25, 0.3) is 0 Å². The lowest BCUT2D eigenvalue weighted by Gasteiger charge is -2.21. The highest BCUT2D eigenvalue weighted by atomic mass is 32.2. The Morgan fingerprint density at radius 2 is 2.36 bits per heavy atom. The number of thioether (sulfide) groups is 1. The molecule has 1 unspecified atom stereocenters. The van der Waals surface area contributed by atoms with Crippen molar-refractivity contribution in [1.82, 2.24) is 16.0 Å². The molecule has 3 N–H and O–H groups in total. The summed E-state index contributed by atoms with van der Waals surface area (Å²) in [5.41, 5.74) is 0. The van der Waals surface area contributed by atoms with E-state index in [4.69, 9.17) is 0 Å². The molecular weight excluding hydrogens is 202 g/mol. The first-order valence-electron chi connectivity index (χ1n) is 4.53. The molecule has 1 rings (SSSR count). The first-order chi connectivity index (χ1) is 6.74. The van der Waals surface area contributed by atoms with Crippen molar-refractivity contribution < 1.29 is 9.59 Å². The van der Waals surface area contributed by atoms with E-state index < -0.39 is 0 Å². The zero-order valence-electron chi connectivity index (χ0n) is 8.13. The van der Waals surface area contributed by atoms with E-state index in [0.717, 1.165) is 18.1 Å². The third-order valence-electron chi connectivity index (χ3n) is 1.94. The van der Waals surface area contributed by atoms with Crippen LogP contribution in [0.1, 0.15) is 0 Å². The van der Waals surface area contributed by atoms with Crippen LogP contribution in [-0.2, 0) is 9.59 Å². The summed E-state index contributed by atoms with van der Waals surface area (Å²) < 4.78 is 0. The minimum atomic E-state index is -0.179. The third-order valence-corrected chi connectivity index (χ3v) is 3.00. The van der Waals surface area contributed by atoms with Crippen LogP contribution in [0.4, 0.5) is 0 Å². The van der Waals surface area contributed by atoms with Crippen molar-refractivity contribution in [2.24, 2.45) is 0 Å². The van der Waals surface area contributed by atoms with Crippen molar-refractivity contribution in [3.63, 3.8) is 0 Å². The molecule has 14 heavy (non-hydrogen) atoms. The van der Waals surface area contributed by atoms with Crippen LogP contribution >= 0.6 is 11.8 Å². The molecule has 1 fully saturated rings. The van der Waals surface area contributed by atoms with Crippen LogP contribution in [0.3, 0.4) is 0 Å². The Kier molecular flexibility index (Phi) is 4.75. The Labute approximate surface area is 87.4 Å². The maximum atomic E-state index is 11.5. The molecule has 0 aromatic carbocycles. The van der Waals surface area contributed by atoms with Crippen LogP contribution in [0.2, 0.25) is 0 Å². The number of likely N-dealkylation sites (N-methyl/N-ethyl adjacent to an activating group) is 1. The van der Waals surface area contributed by atoms with Crippen molar-refractivity contribution in [3.05, 3.63) is 0 Å². The van der Waals surface area contributed by atoms with Gasteiger partial charge in [-0.25, -0.2) is 0 Å². The second kappa shape index (κ2) is 5.87.